The molecule has 1 aromatic heterocycles. The summed E-state index contributed by atoms with van der Waals surface area (Å²) in [6.07, 6.45) is 4.21. The largest absolute Gasteiger partial charge is 0.310 e. The van der Waals surface area contributed by atoms with Gasteiger partial charge in [-0.2, -0.15) is 0 Å². The Bertz CT molecular complexity index is 3240. The molecule has 0 unspecified atom stereocenters. The SMILES string of the molecule is c1ccc(-c2ccccc2N(c2ccccc2)c2cccc3c2[C@]2(CCc4cccc(N(c5ccccc5)c5ccc6c(c5)c5ccccc5n6-c5ccccc5)c42)CC3)cc1. The lowest BCUT2D eigenvalue weighted by atomic mass is 9.74. The van der Waals surface area contributed by atoms with Gasteiger partial charge in [0.2, 0.25) is 0 Å². The van der Waals surface area contributed by atoms with Crippen LogP contribution >= 0.6 is 0 Å². The lowest BCUT2D eigenvalue weighted by molar-refractivity contribution is 0.508. The highest BCUT2D eigenvalue weighted by atomic mass is 15.2. The van der Waals surface area contributed by atoms with Gasteiger partial charge in [-0.15, -0.1) is 0 Å². The van der Waals surface area contributed by atoms with Crippen LogP contribution in [0, 0.1) is 0 Å². The average Bonchev–Trinajstić information content (AvgIpc) is 4.03. The molecule has 12 rings (SSSR count). The van der Waals surface area contributed by atoms with E-state index in [-0.39, 0.29) is 5.41 Å². The number of benzene rings is 9. The lowest BCUT2D eigenvalue weighted by Gasteiger charge is -2.37. The van der Waals surface area contributed by atoms with Gasteiger partial charge in [-0.25, -0.2) is 0 Å². The molecule has 296 valence electrons. The average molecular weight is 796 g/mol. The molecule has 10 aromatic rings. The molecule has 0 radical (unpaired) electrons. The monoisotopic (exact) mass is 795 g/mol. The van der Waals surface area contributed by atoms with Crippen LogP contribution in [0.1, 0.15) is 35.1 Å². The summed E-state index contributed by atoms with van der Waals surface area (Å²) in [5, 5.41) is 2.50. The first-order chi connectivity index (χ1) is 30.8. The molecule has 0 fully saturated rings. The van der Waals surface area contributed by atoms with Crippen molar-refractivity contribution < 1.29 is 0 Å². The Morgan fingerprint density at radius 3 is 1.56 bits per heavy atom. The highest BCUT2D eigenvalue weighted by molar-refractivity contribution is 6.10. The minimum Gasteiger partial charge on any atom is -0.310 e. The van der Waals surface area contributed by atoms with Crippen LogP contribution in [0.3, 0.4) is 0 Å². The normalized spacial score (nSPS) is 15.2. The molecular weight excluding hydrogens is 751 g/mol. The summed E-state index contributed by atoms with van der Waals surface area (Å²) in [7, 11) is 0. The lowest BCUT2D eigenvalue weighted by Crippen LogP contribution is -2.27. The van der Waals surface area contributed by atoms with Gasteiger partial charge < -0.3 is 14.4 Å². The number of anilines is 6. The predicted octanol–water partition coefficient (Wildman–Crippen LogP) is 15.6. The maximum atomic E-state index is 2.54. The summed E-state index contributed by atoms with van der Waals surface area (Å²) in [6, 6.07) is 82.6. The summed E-state index contributed by atoms with van der Waals surface area (Å²) >= 11 is 0. The van der Waals surface area contributed by atoms with E-state index >= 15 is 0 Å². The van der Waals surface area contributed by atoms with Crippen LogP contribution in [-0.4, -0.2) is 4.57 Å². The molecule has 62 heavy (non-hydrogen) atoms. The van der Waals surface area contributed by atoms with E-state index in [4.69, 9.17) is 0 Å². The number of hydrogen-bond acceptors (Lipinski definition) is 2. The van der Waals surface area contributed by atoms with Crippen molar-refractivity contribution in [1.29, 1.82) is 0 Å². The summed E-state index contributed by atoms with van der Waals surface area (Å²) in [4.78, 5) is 5.08. The predicted molar refractivity (Wildman–Crippen MR) is 259 cm³/mol. The van der Waals surface area contributed by atoms with E-state index in [1.165, 1.54) is 77.9 Å². The van der Waals surface area contributed by atoms with Gasteiger partial charge in [0.1, 0.15) is 0 Å². The molecule has 3 nitrogen and oxygen atoms in total. The highest BCUT2D eigenvalue weighted by Gasteiger charge is 2.49. The van der Waals surface area contributed by atoms with Gasteiger partial charge in [-0.3, -0.25) is 0 Å². The topological polar surface area (TPSA) is 11.4 Å². The molecular formula is C59H45N3. The molecule has 3 heteroatoms. The molecule has 0 N–H and O–H groups in total. The van der Waals surface area contributed by atoms with Crippen LogP contribution in [0.4, 0.5) is 34.1 Å². The Labute approximate surface area is 363 Å². The molecule has 0 saturated carbocycles. The zero-order valence-electron chi connectivity index (χ0n) is 34.5. The van der Waals surface area contributed by atoms with Crippen LogP contribution in [0.5, 0.6) is 0 Å². The van der Waals surface area contributed by atoms with Crippen molar-refractivity contribution in [3.8, 4) is 16.8 Å². The Morgan fingerprint density at radius 1 is 0.371 bits per heavy atom. The number of aryl methyl sites for hydroxylation is 2. The number of para-hydroxylation sites is 5. The second-order valence-corrected chi connectivity index (χ2v) is 16.8. The first-order valence-corrected chi connectivity index (χ1v) is 22.0. The maximum absolute atomic E-state index is 2.54. The Morgan fingerprint density at radius 2 is 0.887 bits per heavy atom. The second kappa shape index (κ2) is 14.8. The van der Waals surface area contributed by atoms with E-state index < -0.39 is 0 Å². The van der Waals surface area contributed by atoms with E-state index in [0.29, 0.717) is 0 Å². The van der Waals surface area contributed by atoms with Gasteiger partial charge in [0.25, 0.3) is 0 Å². The fraction of sp³-hybridized carbons (Fsp3) is 0.0847. The van der Waals surface area contributed by atoms with E-state index in [9.17, 15) is 0 Å². The molecule has 1 atom stereocenters. The van der Waals surface area contributed by atoms with Crippen molar-refractivity contribution >= 4 is 55.9 Å². The smallest absolute Gasteiger partial charge is 0.0542 e. The Balaban J connectivity index is 1.08. The summed E-state index contributed by atoms with van der Waals surface area (Å²) in [5.74, 6) is 0. The molecule has 2 aliphatic rings. The van der Waals surface area contributed by atoms with Crippen LogP contribution in [0.15, 0.2) is 224 Å². The molecule has 0 amide bonds. The van der Waals surface area contributed by atoms with Gasteiger partial charge in [-0.05, 0) is 132 Å². The van der Waals surface area contributed by atoms with Crippen LogP contribution in [0.2, 0.25) is 0 Å². The van der Waals surface area contributed by atoms with Crippen molar-refractivity contribution in [1.82, 2.24) is 4.57 Å². The van der Waals surface area contributed by atoms with E-state index in [2.05, 4.69) is 239 Å². The van der Waals surface area contributed by atoms with Gasteiger partial charge in [0.05, 0.1) is 28.1 Å². The van der Waals surface area contributed by atoms with Crippen LogP contribution in [-0.2, 0) is 18.3 Å². The van der Waals surface area contributed by atoms with E-state index in [1.54, 1.807) is 0 Å². The number of fused-ring (bicyclic) bond motifs is 7. The summed E-state index contributed by atoms with van der Waals surface area (Å²) in [5.41, 5.74) is 18.8. The fourth-order valence-corrected chi connectivity index (χ4v) is 11.0. The third-order valence-electron chi connectivity index (χ3n) is 13.5. The minimum atomic E-state index is -0.187. The third-order valence-corrected chi connectivity index (χ3v) is 13.5. The Hall–Kier alpha value is -7.62. The van der Waals surface area contributed by atoms with Crippen molar-refractivity contribution in [3.05, 3.63) is 247 Å². The molecule has 9 aromatic carbocycles. The molecule has 1 spiro atoms. The fourth-order valence-electron chi connectivity index (χ4n) is 11.0. The van der Waals surface area contributed by atoms with Gasteiger partial charge in [-0.1, -0.05) is 146 Å². The van der Waals surface area contributed by atoms with Gasteiger partial charge >= 0.3 is 0 Å². The number of aromatic nitrogens is 1. The first kappa shape index (κ1) is 36.2. The van der Waals surface area contributed by atoms with E-state index in [1.807, 2.05) is 0 Å². The molecule has 0 aliphatic heterocycles. The van der Waals surface area contributed by atoms with Crippen molar-refractivity contribution in [2.24, 2.45) is 0 Å². The minimum absolute atomic E-state index is 0.187. The number of nitrogens with zero attached hydrogens (tertiary/aromatic N) is 3. The number of hydrogen-bond donors (Lipinski definition) is 0. The summed E-state index contributed by atoms with van der Waals surface area (Å²) < 4.78 is 2.40. The van der Waals surface area contributed by atoms with E-state index in [0.717, 1.165) is 42.7 Å². The molecule has 1 heterocycles. The zero-order chi connectivity index (χ0) is 41.0. The molecule has 0 saturated heterocycles. The highest BCUT2D eigenvalue weighted by Crippen LogP contribution is 2.60. The van der Waals surface area contributed by atoms with Crippen molar-refractivity contribution in [2.45, 2.75) is 31.1 Å². The standard InChI is InChI=1S/C59H45N3/c1-5-19-42(20-6-1)49-29-13-15-31-52(49)62(47-27-11-4-12-28-47)56-34-18-22-44-38-40-59(58(44)56)39-37-43-21-17-33-55(57(43)59)60(45-23-7-2-8-24-45)48-35-36-54-51(41-48)50-30-14-16-32-53(50)61(54)46-25-9-3-10-26-46/h1-36,41H,37-40H2/t59-/m1/s1. The second-order valence-electron chi connectivity index (χ2n) is 16.8. The maximum Gasteiger partial charge on any atom is 0.0542 e. The third kappa shape index (κ3) is 5.73. The van der Waals surface area contributed by atoms with Crippen molar-refractivity contribution in [3.63, 3.8) is 0 Å². The van der Waals surface area contributed by atoms with Crippen LogP contribution in [0.25, 0.3) is 38.6 Å². The van der Waals surface area contributed by atoms with Crippen LogP contribution < -0.4 is 9.80 Å². The van der Waals surface area contributed by atoms with Gasteiger partial charge in [0, 0.05) is 44.5 Å². The quantitative estimate of drug-likeness (QED) is 0.152. The van der Waals surface area contributed by atoms with Crippen molar-refractivity contribution in [2.75, 3.05) is 9.80 Å². The molecule has 2 aliphatic carbocycles. The molecule has 0 bridgehead atoms. The zero-order valence-corrected chi connectivity index (χ0v) is 34.5. The van der Waals surface area contributed by atoms with Gasteiger partial charge in [0.15, 0.2) is 0 Å². The summed E-state index contributed by atoms with van der Waals surface area (Å²) in [6.45, 7) is 0. The Kier molecular flexibility index (Phi) is 8.67. The number of rotatable bonds is 8. The first-order valence-electron chi connectivity index (χ1n) is 22.0.